The molecule has 1 saturated heterocycles. The van der Waals surface area contributed by atoms with E-state index in [0.717, 1.165) is 10.0 Å². The minimum absolute atomic E-state index is 0.187. The van der Waals surface area contributed by atoms with Crippen LogP contribution in [0.3, 0.4) is 0 Å². The van der Waals surface area contributed by atoms with Gasteiger partial charge in [0, 0.05) is 23.6 Å². The first kappa shape index (κ1) is 20.9. The molecular formula is C22H19BrClNO5. The van der Waals surface area contributed by atoms with Gasteiger partial charge in [-0.1, -0.05) is 33.6 Å². The Morgan fingerprint density at radius 2 is 2.17 bits per heavy atom. The third-order valence-electron chi connectivity index (χ3n) is 5.10. The summed E-state index contributed by atoms with van der Waals surface area (Å²) in [6.45, 7) is 2.53. The van der Waals surface area contributed by atoms with Crippen LogP contribution in [0.25, 0.3) is 22.3 Å². The quantitative estimate of drug-likeness (QED) is 0.592. The highest BCUT2D eigenvalue weighted by molar-refractivity contribution is 9.10. The van der Waals surface area contributed by atoms with Crippen molar-refractivity contribution in [1.82, 2.24) is 4.90 Å². The average Bonchev–Trinajstić information content (AvgIpc) is 3.15. The van der Waals surface area contributed by atoms with Crippen molar-refractivity contribution < 1.29 is 19.1 Å². The number of para-hydroxylation sites is 1. The van der Waals surface area contributed by atoms with Gasteiger partial charge in [0.25, 0.3) is 5.91 Å². The Labute approximate surface area is 186 Å². The molecule has 30 heavy (non-hydrogen) atoms. The molecule has 2 heterocycles. The Morgan fingerprint density at radius 1 is 1.37 bits per heavy atom. The van der Waals surface area contributed by atoms with Gasteiger partial charge in [0.2, 0.25) is 0 Å². The average molecular weight is 493 g/mol. The molecule has 1 atom stereocenters. The number of nitrogens with zero attached hydrogens (tertiary/aromatic N) is 1. The second kappa shape index (κ2) is 8.41. The molecule has 0 bridgehead atoms. The summed E-state index contributed by atoms with van der Waals surface area (Å²) >= 11 is 9.71. The van der Waals surface area contributed by atoms with E-state index in [1.54, 1.807) is 29.2 Å². The Bertz CT molecular complexity index is 1190. The van der Waals surface area contributed by atoms with Gasteiger partial charge in [0.1, 0.15) is 11.5 Å². The highest BCUT2D eigenvalue weighted by Crippen LogP contribution is 2.36. The number of benzene rings is 2. The van der Waals surface area contributed by atoms with E-state index in [4.69, 9.17) is 20.8 Å². The minimum atomic E-state index is -0.491. The summed E-state index contributed by atoms with van der Waals surface area (Å²) in [7, 11) is 0. The van der Waals surface area contributed by atoms with Gasteiger partial charge < -0.3 is 19.2 Å². The summed E-state index contributed by atoms with van der Waals surface area (Å²) in [6.07, 6.45) is 0.0745. The van der Waals surface area contributed by atoms with E-state index in [-0.39, 0.29) is 17.9 Å². The third kappa shape index (κ3) is 4.10. The summed E-state index contributed by atoms with van der Waals surface area (Å²) in [5.74, 6) is 0.488. The number of hydrogen-bond acceptors (Lipinski definition) is 5. The number of β-amino-alcohol motifs (C(OH)–C–C–N with tert-alkyl or cyclic N) is 1. The van der Waals surface area contributed by atoms with Crippen molar-refractivity contribution in [2.24, 2.45) is 0 Å². The van der Waals surface area contributed by atoms with Crippen molar-refractivity contribution in [2.75, 3.05) is 19.7 Å². The Kier molecular flexibility index (Phi) is 5.86. The van der Waals surface area contributed by atoms with Crippen LogP contribution in [0.1, 0.15) is 12.0 Å². The van der Waals surface area contributed by atoms with Gasteiger partial charge in [-0.3, -0.25) is 9.59 Å². The lowest BCUT2D eigenvalue weighted by atomic mass is 10.1. The second-order valence-electron chi connectivity index (χ2n) is 7.26. The van der Waals surface area contributed by atoms with Crippen molar-refractivity contribution in [3.8, 4) is 17.1 Å². The van der Waals surface area contributed by atoms with Crippen LogP contribution in [0.15, 0.2) is 50.1 Å². The number of amides is 1. The van der Waals surface area contributed by atoms with Crippen LogP contribution >= 0.6 is 27.5 Å². The van der Waals surface area contributed by atoms with E-state index in [1.165, 1.54) is 6.07 Å². The lowest BCUT2D eigenvalue weighted by molar-refractivity contribution is -0.132. The van der Waals surface area contributed by atoms with Crippen LogP contribution < -0.4 is 10.2 Å². The van der Waals surface area contributed by atoms with Gasteiger partial charge in [-0.25, -0.2) is 0 Å². The predicted molar refractivity (Wildman–Crippen MR) is 118 cm³/mol. The molecule has 0 spiro atoms. The molecule has 0 saturated carbocycles. The summed E-state index contributed by atoms with van der Waals surface area (Å²) in [5.41, 5.74) is 1.54. The monoisotopic (exact) mass is 491 g/mol. The van der Waals surface area contributed by atoms with Gasteiger partial charge in [-0.2, -0.15) is 0 Å². The lowest BCUT2D eigenvalue weighted by Gasteiger charge is -2.18. The van der Waals surface area contributed by atoms with Gasteiger partial charge in [-0.15, -0.1) is 0 Å². The summed E-state index contributed by atoms with van der Waals surface area (Å²) in [6, 6.07) is 9.97. The molecule has 4 rings (SSSR count). The number of fused-ring (bicyclic) bond motifs is 1. The highest BCUT2D eigenvalue weighted by atomic mass is 79.9. The van der Waals surface area contributed by atoms with E-state index in [0.29, 0.717) is 52.6 Å². The van der Waals surface area contributed by atoms with E-state index >= 15 is 0 Å². The van der Waals surface area contributed by atoms with Crippen molar-refractivity contribution in [3.63, 3.8) is 0 Å². The van der Waals surface area contributed by atoms with Crippen LogP contribution in [-0.2, 0) is 4.79 Å². The fourth-order valence-electron chi connectivity index (χ4n) is 3.45. The first-order valence-electron chi connectivity index (χ1n) is 9.45. The topological polar surface area (TPSA) is 80.0 Å². The fourth-order valence-corrected chi connectivity index (χ4v) is 3.99. The number of carbonyl (C=O) groups is 1. The molecule has 156 valence electrons. The second-order valence-corrected chi connectivity index (χ2v) is 8.52. The molecule has 1 fully saturated rings. The van der Waals surface area contributed by atoms with Gasteiger partial charge >= 0.3 is 0 Å². The zero-order chi connectivity index (χ0) is 21.4. The largest absolute Gasteiger partial charge is 0.483 e. The van der Waals surface area contributed by atoms with Crippen LogP contribution in [0.4, 0.5) is 0 Å². The van der Waals surface area contributed by atoms with E-state index in [1.807, 2.05) is 13.0 Å². The fraction of sp³-hybridized carbons (Fsp3) is 0.273. The summed E-state index contributed by atoms with van der Waals surface area (Å²) in [5, 5.41) is 10.4. The van der Waals surface area contributed by atoms with Gasteiger partial charge in [-0.05, 0) is 43.2 Å². The number of carbonyl (C=O) groups excluding carboxylic acids is 1. The maximum atomic E-state index is 12.6. The maximum Gasteiger partial charge on any atom is 0.260 e. The Balaban J connectivity index is 1.71. The van der Waals surface area contributed by atoms with E-state index < -0.39 is 6.10 Å². The molecule has 1 aliphatic heterocycles. The molecule has 0 unspecified atom stereocenters. The first-order chi connectivity index (χ1) is 14.3. The van der Waals surface area contributed by atoms with Crippen LogP contribution in [0.2, 0.25) is 5.02 Å². The summed E-state index contributed by atoms with van der Waals surface area (Å²) < 4.78 is 12.6. The minimum Gasteiger partial charge on any atom is -0.483 e. The lowest BCUT2D eigenvalue weighted by Crippen LogP contribution is -2.33. The maximum absolute atomic E-state index is 12.6. The molecule has 0 radical (unpaired) electrons. The number of likely N-dealkylation sites (tertiary alicyclic amines) is 1. The smallest absolute Gasteiger partial charge is 0.260 e. The van der Waals surface area contributed by atoms with Crippen molar-refractivity contribution in [1.29, 1.82) is 0 Å². The van der Waals surface area contributed by atoms with Gasteiger partial charge in [0.05, 0.1) is 22.1 Å². The van der Waals surface area contributed by atoms with Crippen molar-refractivity contribution >= 4 is 44.4 Å². The number of ether oxygens (including phenoxy) is 1. The van der Waals surface area contributed by atoms with Crippen LogP contribution in [0, 0.1) is 6.92 Å². The molecule has 8 heteroatoms. The number of aliphatic hydroxyl groups is 1. The molecule has 1 amide bonds. The Morgan fingerprint density at radius 3 is 2.90 bits per heavy atom. The molecule has 2 aromatic carbocycles. The SMILES string of the molecule is Cc1cc(-c2cc(=O)c3cccc(Cl)c3o2)c(OCC(=O)N2CC[C@@H](O)C2)cc1Br. The number of aliphatic hydroxyl groups excluding tert-OH is 1. The predicted octanol–water partition coefficient (Wildman–Crippen LogP) is 4.16. The normalized spacial score (nSPS) is 16.3. The molecule has 1 N–H and O–H groups in total. The van der Waals surface area contributed by atoms with Crippen molar-refractivity contribution in [3.05, 3.63) is 61.7 Å². The molecule has 0 aliphatic carbocycles. The van der Waals surface area contributed by atoms with Crippen LogP contribution in [-0.4, -0.2) is 41.7 Å². The zero-order valence-corrected chi connectivity index (χ0v) is 18.5. The molecule has 1 aliphatic rings. The first-order valence-corrected chi connectivity index (χ1v) is 10.6. The standard InChI is InChI=1S/C22H19BrClNO5/c1-12-7-15(20-9-18(27)14-3-2-4-17(24)22(14)30-20)19(8-16(12)23)29-11-21(28)25-6-5-13(26)10-25/h2-4,7-9,13,26H,5-6,10-11H2,1H3/t13-/m1/s1. The molecule has 1 aromatic heterocycles. The van der Waals surface area contributed by atoms with Crippen molar-refractivity contribution in [2.45, 2.75) is 19.4 Å². The molecule has 3 aromatic rings. The molecule has 6 nitrogen and oxygen atoms in total. The van der Waals surface area contributed by atoms with E-state index in [9.17, 15) is 14.7 Å². The Hall–Kier alpha value is -2.35. The van der Waals surface area contributed by atoms with Gasteiger partial charge in [0.15, 0.2) is 17.6 Å². The number of hydrogen-bond donors (Lipinski definition) is 1. The highest BCUT2D eigenvalue weighted by Gasteiger charge is 2.25. The number of aryl methyl sites for hydroxylation is 1. The number of halogens is 2. The van der Waals surface area contributed by atoms with Crippen LogP contribution in [0.5, 0.6) is 5.75 Å². The zero-order valence-electron chi connectivity index (χ0n) is 16.2. The molecular weight excluding hydrogens is 474 g/mol. The summed E-state index contributed by atoms with van der Waals surface area (Å²) in [4.78, 5) is 26.6. The van der Waals surface area contributed by atoms with E-state index in [2.05, 4.69) is 15.9 Å². The number of rotatable bonds is 4. The third-order valence-corrected chi connectivity index (χ3v) is 6.25.